The molecule has 0 amide bonds. The second-order valence-electron chi connectivity index (χ2n) is 7.01. The molecule has 158 valence electrons. The molecule has 0 saturated carbocycles. The van der Waals surface area contributed by atoms with Crippen molar-refractivity contribution < 1.29 is 18.3 Å². The number of piperidine rings is 1. The van der Waals surface area contributed by atoms with E-state index in [1.807, 2.05) is 0 Å². The number of ether oxygens (including phenoxy) is 1. The van der Waals surface area contributed by atoms with Gasteiger partial charge in [0, 0.05) is 32.2 Å². The quantitative estimate of drug-likeness (QED) is 0.634. The molecule has 2 aromatic rings. The Kier molecular flexibility index (Phi) is 7.79. The van der Waals surface area contributed by atoms with Crippen molar-refractivity contribution in [2.45, 2.75) is 29.9 Å². The molecule has 1 aliphatic rings. The molecular weight excluding hydrogens is 435 g/mol. The molecule has 1 aliphatic heterocycles. The Morgan fingerprint density at radius 3 is 2.45 bits per heavy atom. The van der Waals surface area contributed by atoms with Crippen molar-refractivity contribution in [3.8, 4) is 5.75 Å². The summed E-state index contributed by atoms with van der Waals surface area (Å²) in [5.41, 5.74) is 0. The summed E-state index contributed by atoms with van der Waals surface area (Å²) in [5, 5.41) is 11.2. The van der Waals surface area contributed by atoms with Gasteiger partial charge in [-0.1, -0.05) is 41.4 Å². The van der Waals surface area contributed by atoms with Crippen molar-refractivity contribution in [1.29, 1.82) is 0 Å². The van der Waals surface area contributed by atoms with E-state index in [4.69, 9.17) is 27.9 Å². The number of halogens is 2. The molecule has 0 aliphatic carbocycles. The summed E-state index contributed by atoms with van der Waals surface area (Å²) >= 11 is 11.9. The minimum atomic E-state index is -3.61. The van der Waals surface area contributed by atoms with Crippen LogP contribution in [0.2, 0.25) is 10.0 Å². The van der Waals surface area contributed by atoms with Gasteiger partial charge in [-0.2, -0.15) is 0 Å². The summed E-state index contributed by atoms with van der Waals surface area (Å²) in [6.45, 7) is 1.89. The van der Waals surface area contributed by atoms with E-state index in [0.717, 1.165) is 25.9 Å². The fourth-order valence-corrected chi connectivity index (χ4v) is 4.59. The molecule has 0 unspecified atom stereocenters. The van der Waals surface area contributed by atoms with Gasteiger partial charge in [0.05, 0.1) is 21.0 Å². The minimum Gasteiger partial charge on any atom is -0.490 e. The molecule has 0 aromatic heterocycles. The van der Waals surface area contributed by atoms with Crippen LogP contribution in [0.1, 0.15) is 12.8 Å². The van der Waals surface area contributed by atoms with E-state index < -0.39 is 16.1 Å². The van der Waals surface area contributed by atoms with Crippen LogP contribution < -0.4 is 9.46 Å². The van der Waals surface area contributed by atoms with Gasteiger partial charge in [-0.05, 0) is 37.1 Å². The predicted octanol–water partition coefficient (Wildman–Crippen LogP) is 3.18. The highest BCUT2D eigenvalue weighted by molar-refractivity contribution is 7.89. The Balaban J connectivity index is 1.41. The Morgan fingerprint density at radius 2 is 1.79 bits per heavy atom. The molecule has 3 rings (SSSR count). The fourth-order valence-electron chi connectivity index (χ4n) is 3.20. The van der Waals surface area contributed by atoms with Crippen molar-refractivity contribution in [3.63, 3.8) is 0 Å². The molecule has 9 heteroatoms. The van der Waals surface area contributed by atoms with Crippen LogP contribution in [0.3, 0.4) is 0 Å². The van der Waals surface area contributed by atoms with Crippen molar-refractivity contribution in [2.75, 3.05) is 26.2 Å². The summed E-state index contributed by atoms with van der Waals surface area (Å²) in [7, 11) is -3.61. The molecule has 1 saturated heterocycles. The molecule has 1 atom stereocenters. The predicted molar refractivity (Wildman–Crippen MR) is 114 cm³/mol. The highest BCUT2D eigenvalue weighted by atomic mass is 35.5. The van der Waals surface area contributed by atoms with Crippen LogP contribution in [0.5, 0.6) is 5.75 Å². The van der Waals surface area contributed by atoms with Crippen LogP contribution in [0, 0.1) is 0 Å². The monoisotopic (exact) mass is 458 g/mol. The lowest BCUT2D eigenvalue weighted by Crippen LogP contribution is -2.45. The summed E-state index contributed by atoms with van der Waals surface area (Å²) in [6, 6.07) is 13.3. The molecule has 0 spiro atoms. The topological polar surface area (TPSA) is 78.9 Å². The van der Waals surface area contributed by atoms with E-state index in [1.165, 1.54) is 12.1 Å². The van der Waals surface area contributed by atoms with E-state index in [2.05, 4.69) is 9.62 Å². The normalized spacial score (nSPS) is 17.2. The van der Waals surface area contributed by atoms with Gasteiger partial charge in [-0.25, -0.2) is 13.1 Å². The number of benzene rings is 2. The van der Waals surface area contributed by atoms with Crippen molar-refractivity contribution in [2.24, 2.45) is 0 Å². The van der Waals surface area contributed by atoms with E-state index in [-0.39, 0.29) is 17.5 Å². The Labute approximate surface area is 181 Å². The summed E-state index contributed by atoms with van der Waals surface area (Å²) < 4.78 is 32.9. The fraction of sp³-hybridized carbons (Fsp3) is 0.400. The highest BCUT2D eigenvalue weighted by Gasteiger charge is 2.23. The van der Waals surface area contributed by atoms with Gasteiger partial charge in [0.15, 0.2) is 0 Å². The number of β-amino-alcohol motifs (C(OH)–C–C–N with tert-alkyl or cyclic N) is 1. The van der Waals surface area contributed by atoms with Crippen molar-refractivity contribution in [1.82, 2.24) is 9.62 Å². The Morgan fingerprint density at radius 1 is 1.10 bits per heavy atom. The van der Waals surface area contributed by atoms with Crippen LogP contribution in [0.4, 0.5) is 0 Å². The lowest BCUT2D eigenvalue weighted by atomic mass is 10.1. The number of rotatable bonds is 8. The van der Waals surface area contributed by atoms with Gasteiger partial charge in [0.2, 0.25) is 10.0 Å². The molecule has 29 heavy (non-hydrogen) atoms. The second-order valence-corrected chi connectivity index (χ2v) is 9.59. The van der Waals surface area contributed by atoms with Gasteiger partial charge < -0.3 is 14.7 Å². The molecular formula is C20H24Cl2N2O4S. The number of sulfonamides is 1. The van der Waals surface area contributed by atoms with Crippen LogP contribution >= 0.6 is 23.2 Å². The van der Waals surface area contributed by atoms with Crippen molar-refractivity contribution >= 4 is 33.2 Å². The number of hydrogen-bond acceptors (Lipinski definition) is 5. The van der Waals surface area contributed by atoms with Gasteiger partial charge in [-0.15, -0.1) is 0 Å². The second kappa shape index (κ2) is 10.1. The highest BCUT2D eigenvalue weighted by Crippen LogP contribution is 2.28. The average molecular weight is 459 g/mol. The van der Waals surface area contributed by atoms with E-state index in [1.54, 1.807) is 36.4 Å². The number of nitrogens with zero attached hydrogens (tertiary/aromatic N) is 1. The van der Waals surface area contributed by atoms with Crippen LogP contribution in [0.25, 0.3) is 0 Å². The molecule has 0 bridgehead atoms. The lowest BCUT2D eigenvalue weighted by molar-refractivity contribution is 0.0630. The van der Waals surface area contributed by atoms with Crippen LogP contribution in [0.15, 0.2) is 53.4 Å². The maximum Gasteiger partial charge on any atom is 0.240 e. The van der Waals surface area contributed by atoms with Crippen molar-refractivity contribution in [3.05, 3.63) is 58.6 Å². The smallest absolute Gasteiger partial charge is 0.240 e. The van der Waals surface area contributed by atoms with Crippen LogP contribution in [-0.2, 0) is 10.0 Å². The third-order valence-corrected chi connectivity index (χ3v) is 6.94. The molecule has 2 N–H and O–H groups in total. The first kappa shape index (κ1) is 22.3. The number of nitrogens with one attached hydrogen (secondary N) is 1. The van der Waals surface area contributed by atoms with E-state index >= 15 is 0 Å². The molecule has 1 fully saturated rings. The largest absolute Gasteiger partial charge is 0.490 e. The third-order valence-electron chi connectivity index (χ3n) is 4.76. The summed E-state index contributed by atoms with van der Waals surface area (Å²) in [6.07, 6.45) is 0.893. The summed E-state index contributed by atoms with van der Waals surface area (Å²) in [5.74, 6) is 0.688. The number of aliphatic hydroxyl groups is 1. The van der Waals surface area contributed by atoms with Crippen LogP contribution in [-0.4, -0.2) is 56.8 Å². The number of aliphatic hydroxyl groups excluding tert-OH is 1. The van der Waals surface area contributed by atoms with E-state index in [0.29, 0.717) is 22.3 Å². The third kappa shape index (κ3) is 6.57. The first-order valence-corrected chi connectivity index (χ1v) is 11.6. The number of hydrogen-bond donors (Lipinski definition) is 2. The zero-order chi connectivity index (χ0) is 20.9. The maximum atomic E-state index is 12.2. The first-order valence-electron chi connectivity index (χ1n) is 9.40. The lowest BCUT2D eigenvalue weighted by Gasteiger charge is -2.33. The average Bonchev–Trinajstić information content (AvgIpc) is 2.71. The number of likely N-dealkylation sites (tertiary alicyclic amines) is 1. The molecule has 1 heterocycles. The first-order chi connectivity index (χ1) is 13.8. The Hall–Kier alpha value is -1.35. The summed E-state index contributed by atoms with van der Waals surface area (Å²) in [4.78, 5) is 2.29. The van der Waals surface area contributed by atoms with E-state index in [9.17, 15) is 13.5 Å². The molecule has 6 nitrogen and oxygen atoms in total. The van der Waals surface area contributed by atoms with Gasteiger partial charge >= 0.3 is 0 Å². The zero-order valence-corrected chi connectivity index (χ0v) is 18.1. The minimum absolute atomic E-state index is 0.0308. The molecule has 0 radical (unpaired) electrons. The van der Waals surface area contributed by atoms with Gasteiger partial charge in [0.25, 0.3) is 0 Å². The maximum absolute atomic E-state index is 12.2. The standard InChI is InChI=1S/C20H24Cl2N2O4S/c21-19-7-6-17(12-20(19)22)28-16-8-10-24(11-9-16)14-15(25)13-23-29(26,27)18-4-2-1-3-5-18/h1-7,12,15-16,23,25H,8-11,13-14H2/t15-/m0/s1. The Bertz CT molecular complexity index is 904. The SMILES string of the molecule is O=S(=O)(NC[C@H](O)CN1CCC(Oc2ccc(Cl)c(Cl)c2)CC1)c1ccccc1. The van der Waals surface area contributed by atoms with Gasteiger partial charge in [-0.3, -0.25) is 0 Å². The van der Waals surface area contributed by atoms with Gasteiger partial charge in [0.1, 0.15) is 11.9 Å². The molecule has 2 aromatic carbocycles. The zero-order valence-electron chi connectivity index (χ0n) is 15.8.